The lowest BCUT2D eigenvalue weighted by molar-refractivity contribution is -0.126. The van der Waals surface area contributed by atoms with E-state index >= 15 is 0 Å². The number of benzene rings is 3. The molecule has 168 valence electrons. The maximum absolute atomic E-state index is 13.6. The van der Waals surface area contributed by atoms with Gasteiger partial charge < -0.3 is 9.47 Å². The molecule has 0 spiro atoms. The van der Waals surface area contributed by atoms with Gasteiger partial charge in [-0.3, -0.25) is 14.4 Å². The van der Waals surface area contributed by atoms with Crippen molar-refractivity contribution in [1.29, 1.82) is 0 Å². The van der Waals surface area contributed by atoms with Crippen LogP contribution in [-0.4, -0.2) is 32.1 Å². The number of amides is 2. The van der Waals surface area contributed by atoms with Gasteiger partial charge in [0.05, 0.1) is 31.6 Å². The normalized spacial score (nSPS) is 22.0. The summed E-state index contributed by atoms with van der Waals surface area (Å²) in [5, 5.41) is 2.17. The summed E-state index contributed by atoms with van der Waals surface area (Å²) < 4.78 is 10.5. The minimum absolute atomic E-state index is 0.316. The maximum atomic E-state index is 13.6. The van der Waals surface area contributed by atoms with Crippen LogP contribution in [0.3, 0.4) is 0 Å². The van der Waals surface area contributed by atoms with Crippen LogP contribution in [0.5, 0.6) is 11.5 Å². The lowest BCUT2D eigenvalue weighted by atomic mass is 9.90. The van der Waals surface area contributed by atoms with Gasteiger partial charge in [-0.05, 0) is 66.2 Å². The van der Waals surface area contributed by atoms with Gasteiger partial charge >= 0.3 is 0 Å². The van der Waals surface area contributed by atoms with Crippen LogP contribution in [0, 0.1) is 5.92 Å². The molecule has 0 unspecified atom stereocenters. The standard InChI is InChI=1S/C25H21ClN2O5/c1-31-19-11-3-15(4-12-19)22-21-23(33-28(22)18-9-13-20(32-2)14-10-18)25(30)27(24(21)29)17-7-5-16(26)6-8-17/h3-14,21-23H,1-2H3/t21-,22+,23-/m1/s1. The molecule has 2 saturated heterocycles. The van der Waals surface area contributed by atoms with Crippen molar-refractivity contribution in [2.24, 2.45) is 5.92 Å². The molecule has 8 heteroatoms. The summed E-state index contributed by atoms with van der Waals surface area (Å²) in [6.45, 7) is 0. The first-order valence-electron chi connectivity index (χ1n) is 10.4. The molecule has 0 bridgehead atoms. The van der Waals surface area contributed by atoms with Gasteiger partial charge in [-0.2, -0.15) is 0 Å². The summed E-state index contributed by atoms with van der Waals surface area (Å²) >= 11 is 5.98. The maximum Gasteiger partial charge on any atom is 0.266 e. The van der Waals surface area contributed by atoms with Crippen molar-refractivity contribution in [1.82, 2.24) is 0 Å². The van der Waals surface area contributed by atoms with Gasteiger partial charge in [-0.1, -0.05) is 23.7 Å². The smallest absolute Gasteiger partial charge is 0.266 e. The van der Waals surface area contributed by atoms with Gasteiger partial charge in [-0.15, -0.1) is 0 Å². The number of imide groups is 1. The Kier molecular flexibility index (Phi) is 5.44. The summed E-state index contributed by atoms with van der Waals surface area (Å²) in [6.07, 6.45) is -0.942. The number of carbonyl (C=O) groups excluding carboxylic acids is 2. The van der Waals surface area contributed by atoms with E-state index in [1.807, 2.05) is 48.5 Å². The van der Waals surface area contributed by atoms with Crippen LogP contribution in [0.1, 0.15) is 11.6 Å². The Balaban J connectivity index is 1.56. The van der Waals surface area contributed by atoms with Gasteiger partial charge in [0, 0.05) is 5.02 Å². The summed E-state index contributed by atoms with van der Waals surface area (Å²) in [6, 6.07) is 20.8. The molecule has 0 aromatic heterocycles. The SMILES string of the molecule is COc1ccc([C@H]2[C@H]3C(=O)N(c4ccc(Cl)cc4)C(=O)[C@@H]3ON2c2ccc(OC)cc2)cc1. The van der Waals surface area contributed by atoms with Gasteiger partial charge in [-0.25, -0.2) is 9.96 Å². The molecule has 2 aliphatic rings. The minimum Gasteiger partial charge on any atom is -0.497 e. The first-order valence-corrected chi connectivity index (χ1v) is 10.8. The minimum atomic E-state index is -0.942. The second-order valence-electron chi connectivity index (χ2n) is 7.78. The second-order valence-corrected chi connectivity index (χ2v) is 8.22. The predicted octanol–water partition coefficient (Wildman–Crippen LogP) is 4.41. The fraction of sp³-hybridized carbons (Fsp3) is 0.200. The van der Waals surface area contributed by atoms with Crippen LogP contribution in [0.4, 0.5) is 11.4 Å². The van der Waals surface area contributed by atoms with E-state index in [0.29, 0.717) is 27.9 Å². The highest BCUT2D eigenvalue weighted by molar-refractivity contribution is 6.31. The first kappa shape index (κ1) is 21.3. The second kappa shape index (κ2) is 8.42. The van der Waals surface area contributed by atoms with Crippen molar-refractivity contribution in [3.05, 3.63) is 83.4 Å². The number of carbonyl (C=O) groups is 2. The molecule has 0 N–H and O–H groups in total. The number of hydroxylamine groups is 1. The molecule has 7 nitrogen and oxygen atoms in total. The summed E-state index contributed by atoms with van der Waals surface area (Å²) in [4.78, 5) is 34.2. The number of anilines is 2. The zero-order chi connectivity index (χ0) is 23.1. The van der Waals surface area contributed by atoms with Gasteiger partial charge in [0.1, 0.15) is 17.4 Å². The van der Waals surface area contributed by atoms with Crippen molar-refractivity contribution in [3.63, 3.8) is 0 Å². The molecule has 2 fully saturated rings. The van der Waals surface area contributed by atoms with E-state index in [2.05, 4.69) is 0 Å². The van der Waals surface area contributed by atoms with Crippen LogP contribution in [0.2, 0.25) is 5.02 Å². The first-order chi connectivity index (χ1) is 16.0. The Hall–Kier alpha value is -3.55. The number of halogens is 1. The quantitative estimate of drug-likeness (QED) is 0.521. The van der Waals surface area contributed by atoms with Crippen molar-refractivity contribution in [2.45, 2.75) is 12.1 Å². The van der Waals surface area contributed by atoms with Gasteiger partial charge in [0.25, 0.3) is 5.91 Å². The molecule has 0 radical (unpaired) electrons. The van der Waals surface area contributed by atoms with Gasteiger partial charge in [0.2, 0.25) is 5.91 Å². The van der Waals surface area contributed by atoms with Gasteiger partial charge in [0.15, 0.2) is 6.10 Å². The predicted molar refractivity (Wildman–Crippen MR) is 124 cm³/mol. The topological polar surface area (TPSA) is 68.3 Å². The fourth-order valence-electron chi connectivity index (χ4n) is 4.35. The number of methoxy groups -OCH3 is 2. The molecule has 5 rings (SSSR count). The van der Waals surface area contributed by atoms with Crippen molar-refractivity contribution in [2.75, 3.05) is 24.2 Å². The largest absolute Gasteiger partial charge is 0.497 e. The monoisotopic (exact) mass is 464 g/mol. The van der Waals surface area contributed by atoms with Crippen LogP contribution >= 0.6 is 11.6 Å². The molecule has 3 aromatic rings. The molecule has 0 aliphatic carbocycles. The van der Waals surface area contributed by atoms with E-state index in [-0.39, 0.29) is 5.91 Å². The number of hydrogen-bond donors (Lipinski definition) is 0. The summed E-state index contributed by atoms with van der Waals surface area (Å²) in [5.41, 5.74) is 2.01. The number of nitrogens with zero attached hydrogens (tertiary/aromatic N) is 2. The molecule has 3 atom stereocenters. The molecule has 2 heterocycles. The summed E-state index contributed by atoms with van der Waals surface area (Å²) in [7, 11) is 3.19. The van der Waals surface area contributed by atoms with E-state index in [0.717, 1.165) is 5.56 Å². The highest BCUT2D eigenvalue weighted by Gasteiger charge is 2.60. The zero-order valence-electron chi connectivity index (χ0n) is 18.0. The Labute approximate surface area is 196 Å². The van der Waals surface area contributed by atoms with E-state index in [1.54, 1.807) is 43.5 Å². The Bertz CT molecular complexity index is 1180. The third-order valence-electron chi connectivity index (χ3n) is 5.98. The Morgan fingerprint density at radius 1 is 0.758 bits per heavy atom. The molecular formula is C25H21ClN2O5. The lowest BCUT2D eigenvalue weighted by Crippen LogP contribution is -2.37. The third kappa shape index (κ3) is 3.59. The van der Waals surface area contributed by atoms with Crippen molar-refractivity contribution in [3.8, 4) is 11.5 Å². The van der Waals surface area contributed by atoms with E-state index in [4.69, 9.17) is 25.9 Å². The zero-order valence-corrected chi connectivity index (χ0v) is 18.7. The molecular weight excluding hydrogens is 444 g/mol. The average molecular weight is 465 g/mol. The van der Waals surface area contributed by atoms with Crippen LogP contribution in [-0.2, 0) is 14.4 Å². The molecule has 33 heavy (non-hydrogen) atoms. The number of rotatable bonds is 5. The van der Waals surface area contributed by atoms with Crippen LogP contribution < -0.4 is 19.4 Å². The van der Waals surface area contributed by atoms with E-state index in [1.165, 1.54) is 4.90 Å². The molecule has 2 amide bonds. The highest BCUT2D eigenvalue weighted by Crippen LogP contribution is 2.48. The van der Waals surface area contributed by atoms with Crippen molar-refractivity contribution >= 4 is 34.8 Å². The van der Waals surface area contributed by atoms with Crippen LogP contribution in [0.25, 0.3) is 0 Å². The van der Waals surface area contributed by atoms with Crippen LogP contribution in [0.15, 0.2) is 72.8 Å². The Morgan fingerprint density at radius 2 is 1.30 bits per heavy atom. The Morgan fingerprint density at radius 3 is 1.88 bits per heavy atom. The molecule has 0 saturated carbocycles. The number of fused-ring (bicyclic) bond motifs is 1. The number of hydrogen-bond acceptors (Lipinski definition) is 6. The van der Waals surface area contributed by atoms with Crippen molar-refractivity contribution < 1.29 is 23.9 Å². The fourth-order valence-corrected chi connectivity index (χ4v) is 4.48. The number of ether oxygens (including phenoxy) is 2. The van der Waals surface area contributed by atoms with E-state index in [9.17, 15) is 9.59 Å². The average Bonchev–Trinajstić information content (AvgIpc) is 3.36. The molecule has 3 aromatic carbocycles. The lowest BCUT2D eigenvalue weighted by Gasteiger charge is -2.29. The summed E-state index contributed by atoms with van der Waals surface area (Å²) in [5.74, 6) is -0.0447. The molecule has 2 aliphatic heterocycles. The van der Waals surface area contributed by atoms with E-state index < -0.39 is 24.0 Å². The highest BCUT2D eigenvalue weighted by atomic mass is 35.5. The third-order valence-corrected chi connectivity index (χ3v) is 6.24.